The lowest BCUT2D eigenvalue weighted by Gasteiger charge is -2.14. The third-order valence-corrected chi connectivity index (χ3v) is 3.54. The minimum atomic E-state index is -0.179. The summed E-state index contributed by atoms with van der Waals surface area (Å²) in [6, 6.07) is 13.1. The molecule has 116 valence electrons. The maximum atomic E-state index is 12.2. The first-order valence-electron chi connectivity index (χ1n) is 7.33. The maximum Gasteiger partial charge on any atom is 0.270 e. The Kier molecular flexibility index (Phi) is 4.14. The zero-order chi connectivity index (χ0) is 16.2. The molecule has 1 amide bonds. The van der Waals surface area contributed by atoms with Crippen molar-refractivity contribution in [3.63, 3.8) is 0 Å². The number of carbonyl (C=O) groups excluding carboxylic acids is 1. The Morgan fingerprint density at radius 2 is 1.96 bits per heavy atom. The summed E-state index contributed by atoms with van der Waals surface area (Å²) >= 11 is 0. The summed E-state index contributed by atoms with van der Waals surface area (Å²) in [5.74, 6) is -0.179. The van der Waals surface area contributed by atoms with Crippen LogP contribution in [0.5, 0.6) is 0 Å². The molecule has 2 aromatic heterocycles. The van der Waals surface area contributed by atoms with Gasteiger partial charge in [0, 0.05) is 5.69 Å². The van der Waals surface area contributed by atoms with Crippen LogP contribution < -0.4 is 5.32 Å². The highest BCUT2D eigenvalue weighted by Gasteiger charge is 2.12. The Morgan fingerprint density at radius 3 is 2.61 bits per heavy atom. The largest absolute Gasteiger partial charge is 0.344 e. The van der Waals surface area contributed by atoms with Crippen LogP contribution in [0.3, 0.4) is 0 Å². The van der Waals surface area contributed by atoms with Gasteiger partial charge in [0.1, 0.15) is 18.3 Å². The van der Waals surface area contributed by atoms with Crippen LogP contribution in [-0.2, 0) is 0 Å². The predicted octanol–water partition coefficient (Wildman–Crippen LogP) is 2.46. The second kappa shape index (κ2) is 6.39. The number of hydrogen-bond donors (Lipinski definition) is 1. The first kappa shape index (κ1) is 14.9. The number of aryl methyl sites for hydroxylation is 1. The van der Waals surface area contributed by atoms with Gasteiger partial charge < -0.3 is 5.32 Å². The molecule has 1 unspecified atom stereocenters. The summed E-state index contributed by atoms with van der Waals surface area (Å²) in [5.41, 5.74) is 3.18. The molecular weight excluding hydrogens is 290 g/mol. The van der Waals surface area contributed by atoms with Crippen LogP contribution in [0.2, 0.25) is 0 Å². The highest BCUT2D eigenvalue weighted by atomic mass is 16.1. The zero-order valence-electron chi connectivity index (χ0n) is 13.0. The second-order valence-corrected chi connectivity index (χ2v) is 5.29. The molecule has 0 aliphatic carbocycles. The van der Waals surface area contributed by atoms with Crippen molar-refractivity contribution in [3.8, 4) is 5.69 Å². The fourth-order valence-corrected chi connectivity index (χ4v) is 2.28. The Labute approximate surface area is 134 Å². The van der Waals surface area contributed by atoms with E-state index in [4.69, 9.17) is 0 Å². The van der Waals surface area contributed by atoms with Gasteiger partial charge in [0.25, 0.3) is 5.91 Å². The van der Waals surface area contributed by atoms with Crippen molar-refractivity contribution in [2.24, 2.45) is 0 Å². The summed E-state index contributed by atoms with van der Waals surface area (Å²) in [7, 11) is 0. The molecule has 0 spiro atoms. The van der Waals surface area contributed by atoms with Gasteiger partial charge in [0.15, 0.2) is 0 Å². The van der Waals surface area contributed by atoms with E-state index < -0.39 is 0 Å². The molecule has 3 rings (SSSR count). The van der Waals surface area contributed by atoms with E-state index in [2.05, 4.69) is 20.4 Å². The van der Waals surface area contributed by atoms with Gasteiger partial charge in [-0.15, -0.1) is 0 Å². The number of benzene rings is 1. The molecule has 0 saturated heterocycles. The molecule has 1 atom stereocenters. The molecule has 0 aliphatic heterocycles. The average Bonchev–Trinajstić information content (AvgIpc) is 3.09. The predicted molar refractivity (Wildman–Crippen MR) is 86.2 cm³/mol. The summed E-state index contributed by atoms with van der Waals surface area (Å²) in [6.07, 6.45) is 3.13. The molecule has 23 heavy (non-hydrogen) atoms. The van der Waals surface area contributed by atoms with Gasteiger partial charge in [-0.05, 0) is 43.7 Å². The van der Waals surface area contributed by atoms with Gasteiger partial charge >= 0.3 is 0 Å². The van der Waals surface area contributed by atoms with E-state index >= 15 is 0 Å². The van der Waals surface area contributed by atoms with Crippen LogP contribution in [0.1, 0.15) is 34.7 Å². The third-order valence-electron chi connectivity index (χ3n) is 3.54. The topological polar surface area (TPSA) is 72.7 Å². The van der Waals surface area contributed by atoms with Crippen LogP contribution in [-0.4, -0.2) is 25.7 Å². The highest BCUT2D eigenvalue weighted by molar-refractivity contribution is 5.92. The number of nitrogens with zero attached hydrogens (tertiary/aromatic N) is 4. The standard InChI is InChI=1S/C17H17N5O/c1-12-4-3-5-16(20-12)17(23)21-13(2)14-6-8-15(9-7-14)22-11-18-10-19-22/h3-11,13H,1-2H3,(H,21,23). The lowest BCUT2D eigenvalue weighted by molar-refractivity contribution is 0.0934. The quantitative estimate of drug-likeness (QED) is 0.803. The van der Waals surface area contributed by atoms with E-state index in [1.807, 2.05) is 50.2 Å². The molecule has 0 bridgehead atoms. The average molecular weight is 307 g/mol. The molecule has 2 heterocycles. The summed E-state index contributed by atoms with van der Waals surface area (Å²) in [4.78, 5) is 20.4. The fourth-order valence-electron chi connectivity index (χ4n) is 2.28. The van der Waals surface area contributed by atoms with Gasteiger partial charge in [-0.1, -0.05) is 18.2 Å². The van der Waals surface area contributed by atoms with Crippen molar-refractivity contribution in [2.75, 3.05) is 0 Å². The molecule has 6 heteroatoms. The Bertz CT molecular complexity index is 796. The van der Waals surface area contributed by atoms with Crippen molar-refractivity contribution in [1.82, 2.24) is 25.1 Å². The van der Waals surface area contributed by atoms with Crippen LogP contribution in [0, 0.1) is 6.92 Å². The summed E-state index contributed by atoms with van der Waals surface area (Å²) < 4.78 is 1.68. The van der Waals surface area contributed by atoms with Gasteiger partial charge in [0.05, 0.1) is 11.7 Å². The Hall–Kier alpha value is -3.02. The van der Waals surface area contributed by atoms with Gasteiger partial charge in [-0.3, -0.25) is 4.79 Å². The van der Waals surface area contributed by atoms with Crippen molar-refractivity contribution in [1.29, 1.82) is 0 Å². The molecular formula is C17H17N5O. The number of amides is 1. The second-order valence-electron chi connectivity index (χ2n) is 5.29. The van der Waals surface area contributed by atoms with Gasteiger partial charge in [-0.2, -0.15) is 5.10 Å². The Balaban J connectivity index is 1.70. The molecule has 0 radical (unpaired) electrons. The van der Waals surface area contributed by atoms with Crippen LogP contribution in [0.15, 0.2) is 55.1 Å². The van der Waals surface area contributed by atoms with Crippen LogP contribution >= 0.6 is 0 Å². The number of nitrogens with one attached hydrogen (secondary N) is 1. The molecule has 0 saturated carbocycles. The van der Waals surface area contributed by atoms with E-state index in [1.54, 1.807) is 17.1 Å². The molecule has 3 aromatic rings. The molecule has 1 N–H and O–H groups in total. The van der Waals surface area contributed by atoms with E-state index in [9.17, 15) is 4.79 Å². The summed E-state index contributed by atoms with van der Waals surface area (Å²) in [5, 5.41) is 7.04. The first-order valence-corrected chi connectivity index (χ1v) is 7.33. The number of aromatic nitrogens is 4. The fraction of sp³-hybridized carbons (Fsp3) is 0.176. The smallest absolute Gasteiger partial charge is 0.270 e. The summed E-state index contributed by atoms with van der Waals surface area (Å²) in [6.45, 7) is 3.81. The van der Waals surface area contributed by atoms with E-state index in [-0.39, 0.29) is 11.9 Å². The van der Waals surface area contributed by atoms with Crippen molar-refractivity contribution in [3.05, 3.63) is 72.1 Å². The van der Waals surface area contributed by atoms with E-state index in [0.717, 1.165) is 16.9 Å². The molecule has 1 aromatic carbocycles. The SMILES string of the molecule is Cc1cccc(C(=O)NC(C)c2ccc(-n3cncn3)cc2)n1. The normalized spacial score (nSPS) is 11.9. The minimum Gasteiger partial charge on any atom is -0.344 e. The number of hydrogen-bond acceptors (Lipinski definition) is 4. The number of carbonyl (C=O) groups is 1. The van der Waals surface area contributed by atoms with Gasteiger partial charge in [0.2, 0.25) is 0 Å². The molecule has 0 aliphatic rings. The molecule has 6 nitrogen and oxygen atoms in total. The monoisotopic (exact) mass is 307 g/mol. The minimum absolute atomic E-state index is 0.116. The first-order chi connectivity index (χ1) is 11.1. The van der Waals surface area contributed by atoms with Crippen molar-refractivity contribution >= 4 is 5.91 Å². The van der Waals surface area contributed by atoms with Crippen LogP contribution in [0.4, 0.5) is 0 Å². The molecule has 0 fully saturated rings. The van der Waals surface area contributed by atoms with E-state index in [0.29, 0.717) is 5.69 Å². The van der Waals surface area contributed by atoms with Crippen LogP contribution in [0.25, 0.3) is 5.69 Å². The maximum absolute atomic E-state index is 12.2. The highest BCUT2D eigenvalue weighted by Crippen LogP contribution is 2.15. The zero-order valence-corrected chi connectivity index (χ0v) is 13.0. The number of pyridine rings is 1. The van der Waals surface area contributed by atoms with Crippen molar-refractivity contribution < 1.29 is 4.79 Å². The van der Waals surface area contributed by atoms with Gasteiger partial charge in [-0.25, -0.2) is 14.6 Å². The third kappa shape index (κ3) is 3.42. The van der Waals surface area contributed by atoms with Crippen molar-refractivity contribution in [2.45, 2.75) is 19.9 Å². The lowest BCUT2D eigenvalue weighted by Crippen LogP contribution is -2.27. The lowest BCUT2D eigenvalue weighted by atomic mass is 10.1. The van der Waals surface area contributed by atoms with E-state index in [1.165, 1.54) is 6.33 Å². The number of rotatable bonds is 4. The Morgan fingerprint density at radius 1 is 1.17 bits per heavy atom.